The second kappa shape index (κ2) is 8.39. The van der Waals surface area contributed by atoms with Gasteiger partial charge in [0.1, 0.15) is 12.4 Å². The summed E-state index contributed by atoms with van der Waals surface area (Å²) in [5.74, 6) is 6.41. The standard InChI is InChI=1S/C16H16FN5O3S/c17-12-5-1-2-6-13(12)25-9-14-20-21-16(22(14)18)26-10-15(23)19-8-11-4-3-7-24-11/h1-7H,8-10,18H2,(H,19,23). The van der Waals surface area contributed by atoms with Crippen molar-refractivity contribution in [2.45, 2.75) is 18.3 Å². The van der Waals surface area contributed by atoms with Gasteiger partial charge in [-0.15, -0.1) is 10.2 Å². The first-order valence-electron chi connectivity index (χ1n) is 7.62. The van der Waals surface area contributed by atoms with Gasteiger partial charge >= 0.3 is 0 Å². The molecule has 0 aliphatic rings. The van der Waals surface area contributed by atoms with Crippen LogP contribution >= 0.6 is 11.8 Å². The van der Waals surface area contributed by atoms with Crippen molar-refractivity contribution in [2.75, 3.05) is 11.6 Å². The van der Waals surface area contributed by atoms with Gasteiger partial charge in [-0.25, -0.2) is 9.07 Å². The van der Waals surface area contributed by atoms with Gasteiger partial charge in [-0.05, 0) is 24.3 Å². The third-order valence-corrected chi connectivity index (χ3v) is 4.24. The molecule has 0 fully saturated rings. The number of amides is 1. The highest BCUT2D eigenvalue weighted by atomic mass is 32.2. The monoisotopic (exact) mass is 377 g/mol. The van der Waals surface area contributed by atoms with E-state index in [1.807, 2.05) is 0 Å². The quantitative estimate of drug-likeness (QED) is 0.454. The van der Waals surface area contributed by atoms with Crippen LogP contribution in [0.2, 0.25) is 0 Å². The molecule has 0 aliphatic heterocycles. The largest absolute Gasteiger partial charge is 0.482 e. The first-order chi connectivity index (χ1) is 12.6. The maximum Gasteiger partial charge on any atom is 0.230 e. The molecule has 0 aliphatic carbocycles. The molecule has 10 heteroatoms. The van der Waals surface area contributed by atoms with Crippen molar-refractivity contribution in [3.8, 4) is 5.75 Å². The van der Waals surface area contributed by atoms with E-state index in [-0.39, 0.29) is 24.0 Å². The first kappa shape index (κ1) is 17.8. The molecule has 26 heavy (non-hydrogen) atoms. The molecular formula is C16H16FN5O3S. The van der Waals surface area contributed by atoms with E-state index in [9.17, 15) is 9.18 Å². The molecule has 1 amide bonds. The van der Waals surface area contributed by atoms with Crippen LogP contribution in [0.25, 0.3) is 0 Å². The van der Waals surface area contributed by atoms with E-state index < -0.39 is 5.82 Å². The summed E-state index contributed by atoms with van der Waals surface area (Å²) in [6.07, 6.45) is 1.54. The Morgan fingerprint density at radius 3 is 2.92 bits per heavy atom. The van der Waals surface area contributed by atoms with Crippen molar-refractivity contribution in [1.82, 2.24) is 20.2 Å². The van der Waals surface area contributed by atoms with Gasteiger partial charge in [0.15, 0.2) is 17.4 Å². The summed E-state index contributed by atoms with van der Waals surface area (Å²) in [6.45, 7) is 0.263. The molecule has 136 valence electrons. The molecule has 0 bridgehead atoms. The van der Waals surface area contributed by atoms with Gasteiger partial charge in [-0.2, -0.15) is 0 Å². The molecule has 2 aromatic heterocycles. The molecule has 3 N–H and O–H groups in total. The number of benzene rings is 1. The zero-order valence-electron chi connectivity index (χ0n) is 13.6. The third kappa shape index (κ3) is 4.54. The van der Waals surface area contributed by atoms with Crippen LogP contribution in [0.15, 0.2) is 52.2 Å². The van der Waals surface area contributed by atoms with Gasteiger partial charge in [0, 0.05) is 0 Å². The molecule has 8 nitrogen and oxygen atoms in total. The molecule has 0 spiro atoms. The Morgan fingerprint density at radius 1 is 1.31 bits per heavy atom. The number of halogens is 1. The Labute approximate surface area is 152 Å². The summed E-state index contributed by atoms with van der Waals surface area (Å²) in [7, 11) is 0. The number of hydrogen-bond donors (Lipinski definition) is 2. The van der Waals surface area contributed by atoms with Gasteiger partial charge < -0.3 is 20.3 Å². The average Bonchev–Trinajstić information content (AvgIpc) is 3.28. The number of hydrogen-bond acceptors (Lipinski definition) is 7. The minimum atomic E-state index is -0.474. The number of nitrogens with one attached hydrogen (secondary N) is 1. The second-order valence-corrected chi connectivity index (χ2v) is 6.08. The number of aromatic nitrogens is 3. The summed E-state index contributed by atoms with van der Waals surface area (Å²) in [5, 5.41) is 10.9. The smallest absolute Gasteiger partial charge is 0.230 e. The van der Waals surface area contributed by atoms with E-state index in [0.29, 0.717) is 23.3 Å². The van der Waals surface area contributed by atoms with Crippen molar-refractivity contribution in [3.63, 3.8) is 0 Å². The molecule has 0 saturated carbocycles. The van der Waals surface area contributed by atoms with Crippen molar-refractivity contribution >= 4 is 17.7 Å². The molecule has 0 unspecified atom stereocenters. The van der Waals surface area contributed by atoms with E-state index in [2.05, 4.69) is 15.5 Å². The topological polar surface area (TPSA) is 108 Å². The van der Waals surface area contributed by atoms with Gasteiger partial charge in [0.05, 0.1) is 18.6 Å². The Hall–Kier alpha value is -3.01. The fraction of sp³-hybridized carbons (Fsp3) is 0.188. The zero-order valence-corrected chi connectivity index (χ0v) is 14.4. The highest BCUT2D eigenvalue weighted by molar-refractivity contribution is 7.99. The van der Waals surface area contributed by atoms with Crippen LogP contribution in [0.3, 0.4) is 0 Å². The SMILES string of the molecule is Nn1c(COc2ccccc2F)nnc1SCC(=O)NCc1ccco1. The minimum absolute atomic E-state index is 0.0459. The van der Waals surface area contributed by atoms with Crippen LogP contribution in [0.1, 0.15) is 11.6 Å². The molecule has 2 heterocycles. The molecule has 1 aromatic carbocycles. The lowest BCUT2D eigenvalue weighted by molar-refractivity contribution is -0.118. The lowest BCUT2D eigenvalue weighted by Crippen LogP contribution is -2.25. The molecule has 0 saturated heterocycles. The fourth-order valence-corrected chi connectivity index (χ4v) is 2.69. The summed E-state index contributed by atoms with van der Waals surface area (Å²) in [5.41, 5.74) is 0. The Balaban J connectivity index is 1.49. The van der Waals surface area contributed by atoms with E-state index in [0.717, 1.165) is 11.8 Å². The van der Waals surface area contributed by atoms with Crippen LogP contribution in [-0.2, 0) is 17.9 Å². The Morgan fingerprint density at radius 2 is 2.15 bits per heavy atom. The van der Waals surface area contributed by atoms with Gasteiger partial charge in [0.25, 0.3) is 0 Å². The molecule has 3 aromatic rings. The first-order valence-corrected chi connectivity index (χ1v) is 8.60. The van der Waals surface area contributed by atoms with Crippen LogP contribution in [0, 0.1) is 5.82 Å². The number of thioether (sulfide) groups is 1. The average molecular weight is 377 g/mol. The van der Waals surface area contributed by atoms with Crippen LogP contribution in [0.5, 0.6) is 5.75 Å². The second-order valence-electron chi connectivity index (χ2n) is 5.13. The lowest BCUT2D eigenvalue weighted by atomic mass is 10.3. The Kier molecular flexibility index (Phi) is 5.74. The van der Waals surface area contributed by atoms with E-state index in [1.54, 1.807) is 24.3 Å². The summed E-state index contributed by atoms with van der Waals surface area (Å²) < 4.78 is 25.2. The van der Waals surface area contributed by atoms with Crippen LogP contribution in [0.4, 0.5) is 4.39 Å². The van der Waals surface area contributed by atoms with Crippen molar-refractivity contribution in [3.05, 3.63) is 60.1 Å². The van der Waals surface area contributed by atoms with Crippen molar-refractivity contribution in [1.29, 1.82) is 0 Å². The van der Waals surface area contributed by atoms with E-state index in [1.165, 1.54) is 23.1 Å². The summed E-state index contributed by atoms with van der Waals surface area (Å²) >= 11 is 1.13. The zero-order chi connectivity index (χ0) is 18.4. The predicted octanol–water partition coefficient (Wildman–Crippen LogP) is 1.71. The highest BCUT2D eigenvalue weighted by Gasteiger charge is 2.13. The molecule has 0 radical (unpaired) electrons. The Bertz CT molecular complexity index is 869. The number of carbonyl (C=O) groups is 1. The molecule has 3 rings (SSSR count). The normalized spacial score (nSPS) is 10.7. The number of nitrogen functional groups attached to an aromatic ring is 1. The number of para-hydroxylation sites is 1. The van der Waals surface area contributed by atoms with E-state index in [4.69, 9.17) is 15.0 Å². The molecular weight excluding hydrogens is 361 g/mol. The highest BCUT2D eigenvalue weighted by Crippen LogP contribution is 2.18. The van der Waals surface area contributed by atoms with Crippen LogP contribution in [-0.4, -0.2) is 26.5 Å². The van der Waals surface area contributed by atoms with Gasteiger partial charge in [-0.1, -0.05) is 23.9 Å². The van der Waals surface area contributed by atoms with Crippen molar-refractivity contribution < 1.29 is 18.3 Å². The number of rotatable bonds is 8. The van der Waals surface area contributed by atoms with Gasteiger partial charge in [0.2, 0.25) is 11.1 Å². The number of nitrogens with zero attached hydrogens (tertiary/aromatic N) is 3. The number of ether oxygens (including phenoxy) is 1. The molecule has 0 atom stereocenters. The lowest BCUT2D eigenvalue weighted by Gasteiger charge is -2.07. The third-order valence-electron chi connectivity index (χ3n) is 3.30. The minimum Gasteiger partial charge on any atom is -0.482 e. The number of furan rings is 1. The van der Waals surface area contributed by atoms with E-state index >= 15 is 0 Å². The summed E-state index contributed by atoms with van der Waals surface area (Å²) in [4.78, 5) is 11.8. The maximum absolute atomic E-state index is 13.5. The van der Waals surface area contributed by atoms with Crippen LogP contribution < -0.4 is 15.9 Å². The number of carbonyl (C=O) groups excluding carboxylic acids is 1. The summed E-state index contributed by atoms with van der Waals surface area (Å²) in [6, 6.07) is 9.55. The fourth-order valence-electron chi connectivity index (χ4n) is 1.99. The van der Waals surface area contributed by atoms with Crippen molar-refractivity contribution in [2.24, 2.45) is 0 Å². The van der Waals surface area contributed by atoms with Gasteiger partial charge in [-0.3, -0.25) is 4.79 Å². The number of nitrogens with two attached hydrogens (primary N) is 1. The predicted molar refractivity (Wildman–Crippen MR) is 92.2 cm³/mol. The maximum atomic E-state index is 13.5.